The SMILES string of the molecule is CCCCC/C=C\C/C=C\C/C=C\C/C=C\CCCC(=O)OC[C@@H](COC(=O)CCCCCCCCCCCCCC)OC(=O)CCCCCCCCCCCCCCCCC. The molecular weight excluding hydrogens is 769 g/mol. The molecule has 0 bridgehead atoms. The molecule has 0 unspecified atom stereocenters. The van der Waals surface area contributed by atoms with Crippen LogP contribution >= 0.6 is 0 Å². The van der Waals surface area contributed by atoms with Gasteiger partial charge in [-0.05, 0) is 57.8 Å². The highest BCUT2D eigenvalue weighted by atomic mass is 16.6. The van der Waals surface area contributed by atoms with Crippen LogP contribution in [0.25, 0.3) is 0 Å². The van der Waals surface area contributed by atoms with Crippen molar-refractivity contribution in [2.75, 3.05) is 13.2 Å². The molecule has 0 radical (unpaired) electrons. The molecule has 0 aliphatic rings. The molecule has 0 aromatic carbocycles. The van der Waals surface area contributed by atoms with Gasteiger partial charge in [0.2, 0.25) is 0 Å². The van der Waals surface area contributed by atoms with Gasteiger partial charge in [0.25, 0.3) is 0 Å². The summed E-state index contributed by atoms with van der Waals surface area (Å²) < 4.78 is 16.8. The summed E-state index contributed by atoms with van der Waals surface area (Å²) in [7, 11) is 0. The van der Waals surface area contributed by atoms with Gasteiger partial charge >= 0.3 is 17.9 Å². The first kappa shape index (κ1) is 59.4. The number of esters is 3. The van der Waals surface area contributed by atoms with Crippen molar-refractivity contribution >= 4 is 17.9 Å². The van der Waals surface area contributed by atoms with Gasteiger partial charge in [0.1, 0.15) is 13.2 Å². The van der Waals surface area contributed by atoms with E-state index in [0.717, 1.165) is 64.2 Å². The Bertz CT molecular complexity index is 1090. The second-order valence-electron chi connectivity index (χ2n) is 17.8. The van der Waals surface area contributed by atoms with Crippen molar-refractivity contribution in [1.29, 1.82) is 0 Å². The highest BCUT2D eigenvalue weighted by molar-refractivity contribution is 5.71. The second-order valence-corrected chi connectivity index (χ2v) is 17.8. The maximum absolute atomic E-state index is 12.8. The zero-order valence-electron chi connectivity index (χ0n) is 41.1. The van der Waals surface area contributed by atoms with Crippen LogP contribution in [0.3, 0.4) is 0 Å². The molecule has 0 spiro atoms. The number of rotatable bonds is 48. The summed E-state index contributed by atoms with van der Waals surface area (Å²) in [5.41, 5.74) is 0. The molecule has 0 aromatic heterocycles. The first-order chi connectivity index (χ1) is 30.5. The van der Waals surface area contributed by atoms with Crippen molar-refractivity contribution in [3.8, 4) is 0 Å². The minimum Gasteiger partial charge on any atom is -0.462 e. The minimum atomic E-state index is -0.790. The molecule has 0 amide bonds. The largest absolute Gasteiger partial charge is 0.462 e. The molecule has 0 aliphatic heterocycles. The van der Waals surface area contributed by atoms with Crippen LogP contribution < -0.4 is 0 Å². The standard InChI is InChI=1S/C56H100O6/c1-4-7-10-13-16-19-22-25-27-28-30-31-34-37-40-43-46-49-55(58)61-52-53(51-60-54(57)48-45-42-39-36-33-24-21-18-15-12-9-6-3)62-56(59)50-47-44-41-38-35-32-29-26-23-20-17-14-11-8-5-2/h16,19,25,27,30-31,37,40,53H,4-15,17-18,20-24,26,28-29,32-36,38-39,41-52H2,1-3H3/b19-16-,27-25-,31-30-,40-37-/t53-/m1/s1. The van der Waals surface area contributed by atoms with E-state index in [9.17, 15) is 14.4 Å². The number of hydrogen-bond donors (Lipinski definition) is 0. The van der Waals surface area contributed by atoms with Crippen LogP contribution in [0, 0.1) is 0 Å². The minimum absolute atomic E-state index is 0.0861. The summed E-state index contributed by atoms with van der Waals surface area (Å²) >= 11 is 0. The topological polar surface area (TPSA) is 78.9 Å². The lowest BCUT2D eigenvalue weighted by Gasteiger charge is -2.18. The van der Waals surface area contributed by atoms with Crippen molar-refractivity contribution in [3.05, 3.63) is 48.6 Å². The van der Waals surface area contributed by atoms with Crippen molar-refractivity contribution in [2.24, 2.45) is 0 Å². The quantitative estimate of drug-likeness (QED) is 0.0262. The Morgan fingerprint density at radius 1 is 0.323 bits per heavy atom. The monoisotopic (exact) mass is 869 g/mol. The third-order valence-electron chi connectivity index (χ3n) is 11.6. The van der Waals surface area contributed by atoms with Crippen molar-refractivity contribution < 1.29 is 28.6 Å². The molecule has 0 heterocycles. The fraction of sp³-hybridized carbons (Fsp3) is 0.804. The highest BCUT2D eigenvalue weighted by Crippen LogP contribution is 2.16. The Morgan fingerprint density at radius 3 is 0.968 bits per heavy atom. The lowest BCUT2D eigenvalue weighted by atomic mass is 10.0. The zero-order chi connectivity index (χ0) is 45.1. The van der Waals surface area contributed by atoms with Gasteiger partial charge in [0.15, 0.2) is 6.10 Å². The second kappa shape index (κ2) is 51.0. The lowest BCUT2D eigenvalue weighted by Crippen LogP contribution is -2.30. The fourth-order valence-electron chi connectivity index (χ4n) is 7.55. The van der Waals surface area contributed by atoms with Crippen LogP contribution in [0.1, 0.15) is 271 Å². The maximum Gasteiger partial charge on any atom is 0.306 e. The predicted octanol–water partition coefficient (Wildman–Crippen LogP) is 17.5. The summed E-state index contributed by atoms with van der Waals surface area (Å²) in [5.74, 6) is -0.934. The fourth-order valence-corrected chi connectivity index (χ4v) is 7.55. The van der Waals surface area contributed by atoms with E-state index in [1.54, 1.807) is 0 Å². The Morgan fingerprint density at radius 2 is 0.597 bits per heavy atom. The molecular formula is C56H100O6. The van der Waals surface area contributed by atoms with Crippen LogP contribution in [0.2, 0.25) is 0 Å². The number of ether oxygens (including phenoxy) is 3. The molecule has 6 nitrogen and oxygen atoms in total. The van der Waals surface area contributed by atoms with Crippen LogP contribution in [0.15, 0.2) is 48.6 Å². The van der Waals surface area contributed by atoms with Gasteiger partial charge in [0, 0.05) is 19.3 Å². The Hall–Kier alpha value is -2.63. The van der Waals surface area contributed by atoms with Gasteiger partial charge in [-0.1, -0.05) is 243 Å². The number of carbonyl (C=O) groups is 3. The van der Waals surface area contributed by atoms with E-state index in [0.29, 0.717) is 19.3 Å². The summed E-state index contributed by atoms with van der Waals surface area (Å²) in [6, 6.07) is 0. The third-order valence-corrected chi connectivity index (χ3v) is 11.6. The molecule has 1 atom stereocenters. The zero-order valence-corrected chi connectivity index (χ0v) is 41.1. The van der Waals surface area contributed by atoms with Gasteiger partial charge in [-0.2, -0.15) is 0 Å². The highest BCUT2D eigenvalue weighted by Gasteiger charge is 2.19. The van der Waals surface area contributed by atoms with Gasteiger partial charge in [0.05, 0.1) is 0 Å². The molecule has 360 valence electrons. The van der Waals surface area contributed by atoms with Crippen LogP contribution in [0.5, 0.6) is 0 Å². The first-order valence-corrected chi connectivity index (χ1v) is 26.6. The molecule has 0 rings (SSSR count). The van der Waals surface area contributed by atoms with E-state index in [1.807, 2.05) is 0 Å². The maximum atomic E-state index is 12.8. The summed E-state index contributed by atoms with van der Waals surface area (Å²) in [6.07, 6.45) is 61.0. The molecule has 0 saturated carbocycles. The molecule has 0 aliphatic carbocycles. The van der Waals surface area contributed by atoms with Gasteiger partial charge in [-0.3, -0.25) is 14.4 Å². The summed E-state index contributed by atoms with van der Waals surface area (Å²) in [6.45, 7) is 6.58. The van der Waals surface area contributed by atoms with E-state index >= 15 is 0 Å². The van der Waals surface area contributed by atoms with Crippen molar-refractivity contribution in [2.45, 2.75) is 277 Å². The number of unbranched alkanes of at least 4 members (excludes halogenated alkanes) is 29. The smallest absolute Gasteiger partial charge is 0.306 e. The molecule has 0 aromatic rings. The van der Waals surface area contributed by atoms with Crippen LogP contribution in [-0.2, 0) is 28.6 Å². The Balaban J connectivity index is 4.43. The van der Waals surface area contributed by atoms with E-state index in [4.69, 9.17) is 14.2 Å². The molecule has 0 saturated heterocycles. The van der Waals surface area contributed by atoms with Gasteiger partial charge in [-0.25, -0.2) is 0 Å². The number of allylic oxidation sites excluding steroid dienone is 8. The number of hydrogen-bond acceptors (Lipinski definition) is 6. The number of carbonyl (C=O) groups excluding carboxylic acids is 3. The van der Waals surface area contributed by atoms with Gasteiger partial charge < -0.3 is 14.2 Å². The van der Waals surface area contributed by atoms with E-state index in [1.165, 1.54) is 161 Å². The molecule has 6 heteroatoms. The average Bonchev–Trinajstić information content (AvgIpc) is 3.27. The van der Waals surface area contributed by atoms with Crippen molar-refractivity contribution in [3.63, 3.8) is 0 Å². The van der Waals surface area contributed by atoms with Crippen molar-refractivity contribution in [1.82, 2.24) is 0 Å². The Kier molecular flexibility index (Phi) is 48.8. The van der Waals surface area contributed by atoms with Gasteiger partial charge in [-0.15, -0.1) is 0 Å². The summed E-state index contributed by atoms with van der Waals surface area (Å²) in [5, 5.41) is 0. The normalized spacial score (nSPS) is 12.4. The van der Waals surface area contributed by atoms with E-state index in [2.05, 4.69) is 69.4 Å². The molecule has 0 fully saturated rings. The lowest BCUT2D eigenvalue weighted by molar-refractivity contribution is -0.167. The van der Waals surface area contributed by atoms with E-state index in [-0.39, 0.29) is 37.5 Å². The van der Waals surface area contributed by atoms with Crippen LogP contribution in [0.4, 0.5) is 0 Å². The molecule has 62 heavy (non-hydrogen) atoms. The summed E-state index contributed by atoms with van der Waals surface area (Å²) in [4.78, 5) is 38.0. The van der Waals surface area contributed by atoms with E-state index < -0.39 is 6.10 Å². The third kappa shape index (κ3) is 48.4. The Labute approximate surface area is 384 Å². The predicted molar refractivity (Wildman–Crippen MR) is 265 cm³/mol. The molecule has 0 N–H and O–H groups in total. The average molecular weight is 869 g/mol. The first-order valence-electron chi connectivity index (χ1n) is 26.6. The van der Waals surface area contributed by atoms with Crippen LogP contribution in [-0.4, -0.2) is 37.2 Å².